The molecule has 0 aliphatic heterocycles. The summed E-state index contributed by atoms with van der Waals surface area (Å²) < 4.78 is 0.634. The molecule has 0 aromatic heterocycles. The molecule has 0 aromatic rings. The molecule has 12 heavy (non-hydrogen) atoms. The molecule has 1 nitrogen and oxygen atoms in total. The van der Waals surface area contributed by atoms with Gasteiger partial charge in [-0.25, -0.2) is 0 Å². The normalized spacial score (nSPS) is 11.9. The van der Waals surface area contributed by atoms with E-state index in [0.29, 0.717) is 4.48 Å². The predicted molar refractivity (Wildman–Crippen MR) is 56.3 cm³/mol. The van der Waals surface area contributed by atoms with Crippen LogP contribution in [-0.4, -0.2) is 6.29 Å². The van der Waals surface area contributed by atoms with Crippen LogP contribution in [0.4, 0.5) is 0 Å². The third-order valence-electron chi connectivity index (χ3n) is 1.30. The van der Waals surface area contributed by atoms with Gasteiger partial charge in [0.25, 0.3) is 0 Å². The highest BCUT2D eigenvalue weighted by molar-refractivity contribution is 9.12. The largest absolute Gasteiger partial charge is 0.297 e. The number of hydrogen-bond acceptors (Lipinski definition) is 1. The summed E-state index contributed by atoms with van der Waals surface area (Å²) in [6.07, 6.45) is 11.5. The molecular formula is C10H13BrO. The van der Waals surface area contributed by atoms with E-state index in [9.17, 15) is 4.79 Å². The molecule has 0 aliphatic carbocycles. The number of aldehydes is 1. The van der Waals surface area contributed by atoms with E-state index >= 15 is 0 Å². The highest BCUT2D eigenvalue weighted by Gasteiger charge is 1.85. The van der Waals surface area contributed by atoms with Crippen LogP contribution in [0.5, 0.6) is 0 Å². The molecule has 0 N–H and O–H groups in total. The maximum atomic E-state index is 10.1. The van der Waals surface area contributed by atoms with Gasteiger partial charge in [-0.1, -0.05) is 30.9 Å². The van der Waals surface area contributed by atoms with Crippen LogP contribution < -0.4 is 0 Å². The van der Waals surface area contributed by atoms with Gasteiger partial charge >= 0.3 is 0 Å². The lowest BCUT2D eigenvalue weighted by molar-refractivity contribution is -0.104. The number of allylic oxidation sites excluding steroid dienone is 5. The van der Waals surface area contributed by atoms with E-state index in [1.54, 1.807) is 6.08 Å². The van der Waals surface area contributed by atoms with E-state index in [4.69, 9.17) is 0 Å². The van der Waals surface area contributed by atoms with Gasteiger partial charge in [-0.3, -0.25) is 4.79 Å². The summed E-state index contributed by atoms with van der Waals surface area (Å²) >= 11 is 3.12. The minimum atomic E-state index is 0.634. The van der Waals surface area contributed by atoms with E-state index in [1.807, 2.05) is 12.2 Å². The fourth-order valence-electron chi connectivity index (χ4n) is 0.716. The molecule has 0 saturated heterocycles. The Labute approximate surface area is 82.0 Å². The molecule has 0 rings (SSSR count). The van der Waals surface area contributed by atoms with Crippen molar-refractivity contribution in [2.75, 3.05) is 0 Å². The molecule has 0 heterocycles. The standard InChI is InChI=1S/C10H13BrO/c1-2-3-4-5-6-7-8-10(11)9-12/h2-4,8-9H,1,5-7H2/b4-3+,10-8-. The monoisotopic (exact) mass is 228 g/mol. The molecule has 0 aliphatic rings. The van der Waals surface area contributed by atoms with Crippen molar-refractivity contribution in [3.8, 4) is 0 Å². The van der Waals surface area contributed by atoms with Crippen molar-refractivity contribution < 1.29 is 4.79 Å². The lowest BCUT2D eigenvalue weighted by atomic mass is 10.2. The fraction of sp³-hybridized carbons (Fsp3) is 0.300. The third kappa shape index (κ3) is 7.48. The zero-order valence-electron chi connectivity index (χ0n) is 7.00. The first-order valence-corrected chi connectivity index (χ1v) is 4.69. The molecule has 0 bridgehead atoms. The van der Waals surface area contributed by atoms with E-state index in [2.05, 4.69) is 28.6 Å². The first kappa shape index (κ1) is 11.4. The zero-order valence-corrected chi connectivity index (χ0v) is 8.59. The molecule has 66 valence electrons. The lowest BCUT2D eigenvalue weighted by Gasteiger charge is -1.89. The molecule has 2 heteroatoms. The maximum Gasteiger partial charge on any atom is 0.156 e. The highest BCUT2D eigenvalue weighted by Crippen LogP contribution is 2.05. The van der Waals surface area contributed by atoms with Crippen LogP contribution in [0.1, 0.15) is 19.3 Å². The van der Waals surface area contributed by atoms with E-state index in [0.717, 1.165) is 25.5 Å². The van der Waals surface area contributed by atoms with Crippen LogP contribution in [0.25, 0.3) is 0 Å². The Balaban J connectivity index is 3.38. The Hall–Kier alpha value is -0.630. The average molecular weight is 229 g/mol. The van der Waals surface area contributed by atoms with Gasteiger partial charge in [-0.05, 0) is 35.2 Å². The third-order valence-corrected chi connectivity index (χ3v) is 1.81. The van der Waals surface area contributed by atoms with Crippen molar-refractivity contribution in [3.63, 3.8) is 0 Å². The molecule has 0 atom stereocenters. The van der Waals surface area contributed by atoms with Gasteiger partial charge in [-0.2, -0.15) is 0 Å². The van der Waals surface area contributed by atoms with Crippen molar-refractivity contribution in [3.05, 3.63) is 35.4 Å². The molecular weight excluding hydrogens is 216 g/mol. The number of hydrogen-bond donors (Lipinski definition) is 0. The van der Waals surface area contributed by atoms with Gasteiger partial charge < -0.3 is 0 Å². The first-order chi connectivity index (χ1) is 5.81. The summed E-state index contributed by atoms with van der Waals surface area (Å²) in [4.78, 5) is 10.1. The van der Waals surface area contributed by atoms with Crippen molar-refractivity contribution in [1.82, 2.24) is 0 Å². The van der Waals surface area contributed by atoms with Crippen LogP contribution in [0.3, 0.4) is 0 Å². The fourth-order valence-corrected chi connectivity index (χ4v) is 0.945. The molecule has 0 radical (unpaired) electrons. The molecule has 0 saturated carbocycles. The van der Waals surface area contributed by atoms with Crippen LogP contribution in [0.2, 0.25) is 0 Å². The number of rotatable bonds is 6. The lowest BCUT2D eigenvalue weighted by Crippen LogP contribution is -1.73. The minimum absolute atomic E-state index is 0.634. The van der Waals surface area contributed by atoms with Crippen LogP contribution in [-0.2, 0) is 4.79 Å². The van der Waals surface area contributed by atoms with Crippen molar-refractivity contribution in [1.29, 1.82) is 0 Å². The number of carbonyl (C=O) groups excluding carboxylic acids is 1. The van der Waals surface area contributed by atoms with Crippen LogP contribution in [0.15, 0.2) is 35.4 Å². The van der Waals surface area contributed by atoms with Gasteiger partial charge in [0.05, 0.1) is 4.48 Å². The van der Waals surface area contributed by atoms with E-state index in [1.165, 1.54) is 0 Å². The highest BCUT2D eigenvalue weighted by atomic mass is 79.9. The summed E-state index contributed by atoms with van der Waals surface area (Å²) in [7, 11) is 0. The van der Waals surface area contributed by atoms with Gasteiger partial charge in [0.15, 0.2) is 6.29 Å². The van der Waals surface area contributed by atoms with Gasteiger partial charge in [0, 0.05) is 0 Å². The molecule has 0 aromatic carbocycles. The summed E-state index contributed by atoms with van der Waals surface area (Å²) in [5.74, 6) is 0. The Kier molecular flexibility index (Phi) is 8.02. The van der Waals surface area contributed by atoms with E-state index in [-0.39, 0.29) is 0 Å². The first-order valence-electron chi connectivity index (χ1n) is 3.89. The van der Waals surface area contributed by atoms with Crippen molar-refractivity contribution in [2.45, 2.75) is 19.3 Å². The summed E-state index contributed by atoms with van der Waals surface area (Å²) in [5.41, 5.74) is 0. The molecule has 0 fully saturated rings. The van der Waals surface area contributed by atoms with Gasteiger partial charge in [-0.15, -0.1) is 0 Å². The van der Waals surface area contributed by atoms with Crippen LogP contribution in [0, 0.1) is 0 Å². The summed E-state index contributed by atoms with van der Waals surface area (Å²) in [5, 5.41) is 0. The van der Waals surface area contributed by atoms with Gasteiger partial charge in [0.1, 0.15) is 0 Å². The number of carbonyl (C=O) groups is 1. The second-order valence-electron chi connectivity index (χ2n) is 2.30. The molecule has 0 unspecified atom stereocenters. The average Bonchev–Trinajstić information content (AvgIpc) is 2.10. The Morgan fingerprint density at radius 1 is 1.42 bits per heavy atom. The minimum Gasteiger partial charge on any atom is -0.297 e. The SMILES string of the molecule is C=C/C=C/CCC/C=C(\Br)C=O. The Morgan fingerprint density at radius 3 is 2.75 bits per heavy atom. The van der Waals surface area contributed by atoms with Crippen molar-refractivity contribution in [2.24, 2.45) is 0 Å². The second-order valence-corrected chi connectivity index (χ2v) is 3.22. The second kappa shape index (κ2) is 8.47. The zero-order chi connectivity index (χ0) is 9.23. The van der Waals surface area contributed by atoms with Crippen LogP contribution >= 0.6 is 15.9 Å². The topological polar surface area (TPSA) is 17.1 Å². The summed E-state index contributed by atoms with van der Waals surface area (Å²) in [6, 6.07) is 0. The quantitative estimate of drug-likeness (QED) is 0.295. The molecule has 0 amide bonds. The number of halogens is 1. The van der Waals surface area contributed by atoms with E-state index < -0.39 is 0 Å². The Bertz CT molecular complexity index is 192. The summed E-state index contributed by atoms with van der Waals surface area (Å²) in [6.45, 7) is 3.57. The Morgan fingerprint density at radius 2 is 2.17 bits per heavy atom. The maximum absolute atomic E-state index is 10.1. The molecule has 0 spiro atoms. The predicted octanol–water partition coefficient (Wildman–Crippen LogP) is 3.38. The smallest absolute Gasteiger partial charge is 0.156 e. The van der Waals surface area contributed by atoms with Crippen molar-refractivity contribution >= 4 is 22.2 Å². The van der Waals surface area contributed by atoms with Gasteiger partial charge in [0.2, 0.25) is 0 Å². The number of unbranched alkanes of at least 4 members (excludes halogenated alkanes) is 2.